The number of aliphatic carboxylic acids is 1. The molecule has 0 spiro atoms. The SMILES string of the molecule is CSCCCC(=O)C(Cc1cn(C)c2ccccc12)C(=O)O. The number of nitrogens with zero attached hydrogens (tertiary/aromatic N) is 1. The second kappa shape index (κ2) is 7.49. The monoisotopic (exact) mass is 319 g/mol. The fourth-order valence-corrected chi connectivity index (χ4v) is 3.15. The van der Waals surface area contributed by atoms with Crippen molar-refractivity contribution in [1.82, 2.24) is 4.57 Å². The van der Waals surface area contributed by atoms with E-state index in [2.05, 4.69) is 0 Å². The molecule has 0 fully saturated rings. The Labute approximate surface area is 134 Å². The van der Waals surface area contributed by atoms with Crippen LogP contribution in [-0.2, 0) is 23.1 Å². The van der Waals surface area contributed by atoms with Gasteiger partial charge in [0.2, 0.25) is 0 Å². The Balaban J connectivity index is 2.20. The molecule has 2 rings (SSSR count). The number of thioether (sulfide) groups is 1. The van der Waals surface area contributed by atoms with Crippen LogP contribution in [0, 0.1) is 5.92 Å². The molecule has 0 radical (unpaired) electrons. The van der Waals surface area contributed by atoms with Crippen molar-refractivity contribution in [3.05, 3.63) is 36.0 Å². The molecular formula is C17H21NO3S. The first kappa shape index (κ1) is 16.6. The smallest absolute Gasteiger partial charge is 0.314 e. The first-order valence-corrected chi connectivity index (χ1v) is 8.71. The Kier molecular flexibility index (Phi) is 5.66. The molecule has 118 valence electrons. The number of carbonyl (C=O) groups excluding carboxylic acids is 1. The van der Waals surface area contributed by atoms with Gasteiger partial charge in [0.15, 0.2) is 0 Å². The summed E-state index contributed by atoms with van der Waals surface area (Å²) in [6.07, 6.45) is 5.24. The number of Topliss-reactive ketones (excluding diaryl/α,β-unsaturated/α-hetero) is 1. The number of aromatic nitrogens is 1. The van der Waals surface area contributed by atoms with Crippen LogP contribution < -0.4 is 0 Å². The van der Waals surface area contributed by atoms with Crippen LogP contribution in [0.3, 0.4) is 0 Å². The summed E-state index contributed by atoms with van der Waals surface area (Å²) >= 11 is 1.67. The van der Waals surface area contributed by atoms with Crippen molar-refractivity contribution in [2.75, 3.05) is 12.0 Å². The lowest BCUT2D eigenvalue weighted by Crippen LogP contribution is -2.26. The number of hydrogen-bond acceptors (Lipinski definition) is 3. The third kappa shape index (κ3) is 3.71. The molecular weight excluding hydrogens is 298 g/mol. The van der Waals surface area contributed by atoms with Gasteiger partial charge in [-0.1, -0.05) is 18.2 Å². The van der Waals surface area contributed by atoms with Crippen LogP contribution in [0.25, 0.3) is 10.9 Å². The zero-order valence-electron chi connectivity index (χ0n) is 12.9. The van der Waals surface area contributed by atoms with Crippen molar-refractivity contribution in [2.24, 2.45) is 13.0 Å². The minimum absolute atomic E-state index is 0.172. The van der Waals surface area contributed by atoms with E-state index in [1.807, 2.05) is 48.3 Å². The van der Waals surface area contributed by atoms with Gasteiger partial charge in [0.25, 0.3) is 0 Å². The maximum Gasteiger partial charge on any atom is 0.314 e. The maximum absolute atomic E-state index is 12.2. The van der Waals surface area contributed by atoms with Crippen LogP contribution in [0.5, 0.6) is 0 Å². The van der Waals surface area contributed by atoms with Gasteiger partial charge < -0.3 is 9.67 Å². The fraction of sp³-hybridized carbons (Fsp3) is 0.412. The number of aryl methyl sites for hydroxylation is 1. The minimum Gasteiger partial charge on any atom is -0.481 e. The standard InChI is InChI=1S/C17H21NO3S/c1-18-11-12(13-6-3-4-7-15(13)18)10-14(17(20)21)16(19)8-5-9-22-2/h3-4,6-7,11,14H,5,8-10H2,1-2H3,(H,20,21). The van der Waals surface area contributed by atoms with E-state index < -0.39 is 11.9 Å². The normalized spacial score (nSPS) is 12.5. The number of fused-ring (bicyclic) bond motifs is 1. The number of rotatable bonds is 8. The van der Waals surface area contributed by atoms with Crippen molar-refractivity contribution >= 4 is 34.4 Å². The largest absolute Gasteiger partial charge is 0.481 e. The van der Waals surface area contributed by atoms with E-state index in [9.17, 15) is 14.7 Å². The summed E-state index contributed by atoms with van der Waals surface area (Å²) in [5.41, 5.74) is 1.97. The van der Waals surface area contributed by atoms with Crippen molar-refractivity contribution in [3.63, 3.8) is 0 Å². The van der Waals surface area contributed by atoms with E-state index in [0.717, 1.165) is 28.6 Å². The fourth-order valence-electron chi connectivity index (χ4n) is 2.71. The van der Waals surface area contributed by atoms with Gasteiger partial charge in [-0.3, -0.25) is 9.59 Å². The van der Waals surface area contributed by atoms with Crippen molar-refractivity contribution < 1.29 is 14.7 Å². The second-order valence-electron chi connectivity index (χ2n) is 5.44. The number of hydrogen-bond donors (Lipinski definition) is 1. The number of benzene rings is 1. The van der Waals surface area contributed by atoms with E-state index in [1.54, 1.807) is 11.8 Å². The van der Waals surface area contributed by atoms with E-state index >= 15 is 0 Å². The van der Waals surface area contributed by atoms with Crippen LogP contribution in [0.4, 0.5) is 0 Å². The van der Waals surface area contributed by atoms with E-state index in [4.69, 9.17) is 0 Å². The molecule has 0 bridgehead atoms. The van der Waals surface area contributed by atoms with Crippen molar-refractivity contribution in [1.29, 1.82) is 0 Å². The number of carboxylic acids is 1. The molecule has 0 aliphatic carbocycles. The summed E-state index contributed by atoms with van der Waals surface area (Å²) in [6.45, 7) is 0. The summed E-state index contributed by atoms with van der Waals surface area (Å²) in [4.78, 5) is 23.7. The lowest BCUT2D eigenvalue weighted by molar-refractivity contribution is -0.146. The molecule has 0 amide bonds. The molecule has 1 aromatic heterocycles. The first-order chi connectivity index (χ1) is 10.5. The molecule has 0 aliphatic heterocycles. The lowest BCUT2D eigenvalue weighted by atomic mass is 9.93. The van der Waals surface area contributed by atoms with Crippen LogP contribution in [0.2, 0.25) is 0 Å². The topological polar surface area (TPSA) is 59.3 Å². The quantitative estimate of drug-likeness (QED) is 0.600. The van der Waals surface area contributed by atoms with Gasteiger partial charge in [-0.2, -0.15) is 11.8 Å². The Morgan fingerprint density at radius 3 is 2.73 bits per heavy atom. The van der Waals surface area contributed by atoms with Crippen LogP contribution in [0.15, 0.2) is 30.5 Å². The van der Waals surface area contributed by atoms with E-state index in [0.29, 0.717) is 6.42 Å². The summed E-state index contributed by atoms with van der Waals surface area (Å²) in [5.74, 6) is -1.27. The summed E-state index contributed by atoms with van der Waals surface area (Å²) in [5, 5.41) is 10.4. The summed E-state index contributed by atoms with van der Waals surface area (Å²) in [7, 11) is 1.93. The highest BCUT2D eigenvalue weighted by atomic mass is 32.2. The molecule has 1 heterocycles. The molecule has 2 aromatic rings. The van der Waals surface area contributed by atoms with Crippen LogP contribution in [-0.4, -0.2) is 33.4 Å². The van der Waals surface area contributed by atoms with Gasteiger partial charge >= 0.3 is 5.97 Å². The number of ketones is 1. The highest BCUT2D eigenvalue weighted by molar-refractivity contribution is 7.98. The maximum atomic E-state index is 12.2. The lowest BCUT2D eigenvalue weighted by Gasteiger charge is -2.10. The number of para-hydroxylation sites is 1. The Morgan fingerprint density at radius 1 is 1.32 bits per heavy atom. The number of carboxylic acid groups (broad SMARTS) is 1. The highest BCUT2D eigenvalue weighted by Gasteiger charge is 2.27. The molecule has 1 atom stereocenters. The van der Waals surface area contributed by atoms with Crippen molar-refractivity contribution in [3.8, 4) is 0 Å². The molecule has 0 saturated heterocycles. The zero-order chi connectivity index (χ0) is 16.1. The van der Waals surface area contributed by atoms with Gasteiger partial charge in [0.1, 0.15) is 11.7 Å². The molecule has 5 heteroatoms. The van der Waals surface area contributed by atoms with E-state index in [1.165, 1.54) is 0 Å². The zero-order valence-corrected chi connectivity index (χ0v) is 13.7. The van der Waals surface area contributed by atoms with Crippen molar-refractivity contribution in [2.45, 2.75) is 19.3 Å². The van der Waals surface area contributed by atoms with Gasteiger partial charge in [0, 0.05) is 30.6 Å². The molecule has 22 heavy (non-hydrogen) atoms. The minimum atomic E-state index is -1.03. The van der Waals surface area contributed by atoms with Crippen LogP contribution in [0.1, 0.15) is 18.4 Å². The Bertz CT molecular complexity index is 678. The highest BCUT2D eigenvalue weighted by Crippen LogP contribution is 2.24. The predicted octanol–water partition coefficient (Wildman–Crippen LogP) is 3.13. The van der Waals surface area contributed by atoms with E-state index in [-0.39, 0.29) is 12.2 Å². The van der Waals surface area contributed by atoms with Crippen LogP contribution >= 0.6 is 11.8 Å². The number of carbonyl (C=O) groups is 2. The Hall–Kier alpha value is -1.75. The molecule has 0 aliphatic rings. The molecule has 0 saturated carbocycles. The summed E-state index contributed by atoms with van der Waals surface area (Å²) in [6, 6.07) is 7.85. The second-order valence-corrected chi connectivity index (χ2v) is 6.43. The van der Waals surface area contributed by atoms with Gasteiger partial charge in [-0.25, -0.2) is 0 Å². The summed E-state index contributed by atoms with van der Waals surface area (Å²) < 4.78 is 1.97. The molecule has 1 N–H and O–H groups in total. The Morgan fingerprint density at radius 2 is 2.05 bits per heavy atom. The third-order valence-electron chi connectivity index (χ3n) is 3.86. The average molecular weight is 319 g/mol. The predicted molar refractivity (Wildman–Crippen MR) is 90.4 cm³/mol. The molecule has 1 aromatic carbocycles. The van der Waals surface area contributed by atoms with Gasteiger partial charge in [-0.15, -0.1) is 0 Å². The van der Waals surface area contributed by atoms with Gasteiger partial charge in [-0.05, 0) is 36.5 Å². The average Bonchev–Trinajstić information content (AvgIpc) is 2.81. The third-order valence-corrected chi connectivity index (χ3v) is 4.56. The molecule has 1 unspecified atom stereocenters. The van der Waals surface area contributed by atoms with Gasteiger partial charge in [0.05, 0.1) is 0 Å². The molecule has 4 nitrogen and oxygen atoms in total. The first-order valence-electron chi connectivity index (χ1n) is 7.32.